The highest BCUT2D eigenvalue weighted by Gasteiger charge is 2.40. The van der Waals surface area contributed by atoms with Gasteiger partial charge in [-0.1, -0.05) is 25.7 Å². The number of hydrogen-bond acceptors (Lipinski definition) is 10. The number of aromatic nitrogens is 2. The number of phosphoric acid groups is 3. The summed E-state index contributed by atoms with van der Waals surface area (Å²) in [5.41, 5.74) is -0.687. The first-order chi connectivity index (χ1) is 13.6. The lowest BCUT2D eigenvalue weighted by Crippen LogP contribution is -2.33. The summed E-state index contributed by atoms with van der Waals surface area (Å²) in [6, 6.07) is 1.37. The Bertz CT molecular complexity index is 1020. The van der Waals surface area contributed by atoms with Crippen molar-refractivity contribution in [3.05, 3.63) is 39.7 Å². The molecule has 15 nitrogen and oxygen atoms in total. The van der Waals surface area contributed by atoms with Crippen LogP contribution in [0.3, 0.4) is 0 Å². The van der Waals surface area contributed by atoms with E-state index in [9.17, 15) is 28.5 Å². The number of H-pyrrole nitrogens is 1. The number of ether oxygens (including phenoxy) is 1. The van der Waals surface area contributed by atoms with Crippen molar-refractivity contribution in [3.63, 3.8) is 0 Å². The van der Waals surface area contributed by atoms with Crippen molar-refractivity contribution in [2.45, 2.75) is 13.2 Å². The molecule has 19 heteroatoms. The number of nitrogens with one attached hydrogen (secondary N) is 1. The lowest BCUT2D eigenvalue weighted by Gasteiger charge is -2.26. The van der Waals surface area contributed by atoms with E-state index in [1.165, 1.54) is 19.2 Å². The Morgan fingerprint density at radius 3 is 2.33 bits per heavy atom. The quantitative estimate of drug-likeness (QED) is 0.130. The number of aliphatic hydroxyl groups excluding tert-OH is 1. The van der Waals surface area contributed by atoms with Crippen LogP contribution in [0.1, 0.15) is 13.2 Å². The molecule has 0 spiro atoms. The van der Waals surface area contributed by atoms with Crippen molar-refractivity contribution in [1.29, 1.82) is 0 Å². The predicted octanol–water partition coefficient (Wildman–Crippen LogP) is 0.906. The normalized spacial score (nSPS) is 18.1. The Morgan fingerprint density at radius 1 is 1.23 bits per heavy atom. The molecule has 172 valence electrons. The monoisotopic (exact) mass is 512 g/mol. The van der Waals surface area contributed by atoms with E-state index in [0.29, 0.717) is 0 Å². The number of rotatable bonds is 12. The van der Waals surface area contributed by atoms with Gasteiger partial charge in [-0.25, -0.2) is 18.5 Å². The Balaban J connectivity index is 2.86. The molecule has 1 aromatic heterocycles. The molecular formula is C11H19N2O13P3S. The molecule has 0 saturated carbocycles. The molecule has 0 aliphatic carbocycles. The van der Waals surface area contributed by atoms with E-state index >= 15 is 0 Å². The molecule has 3 unspecified atom stereocenters. The van der Waals surface area contributed by atoms with Gasteiger partial charge in [0.2, 0.25) is 0 Å². The smallest absolute Gasteiger partial charge is 0.472 e. The third-order valence-corrected chi connectivity index (χ3v) is 7.01. The van der Waals surface area contributed by atoms with Crippen LogP contribution in [0.5, 0.6) is 0 Å². The molecule has 1 aromatic rings. The molecule has 0 aliphatic rings. The minimum Gasteiger partial charge on any atom is -0.472 e. The summed E-state index contributed by atoms with van der Waals surface area (Å²) < 4.78 is 51.6. The molecule has 1 heterocycles. The van der Waals surface area contributed by atoms with E-state index in [1.54, 1.807) is 0 Å². The molecule has 0 radical (unpaired) electrons. The highest BCUT2D eigenvalue weighted by atomic mass is 32.1. The molecular weight excluding hydrogens is 493 g/mol. The molecule has 0 aliphatic heterocycles. The first-order valence-electron chi connectivity index (χ1n) is 7.60. The highest BCUT2D eigenvalue weighted by molar-refractivity contribution is 7.71. The zero-order valence-corrected chi connectivity index (χ0v) is 18.6. The summed E-state index contributed by atoms with van der Waals surface area (Å²) in [6.07, 6.45) is 0.111. The third kappa shape index (κ3) is 9.43. The second kappa shape index (κ2) is 10.6. The number of hydrogen-bond donors (Lipinski definition) is 6. The standard InChI is InChI=1S/C11H19N2O13P3S/c1-7(5-14)10(13-4-3-9(30)12-11(13)15)24-8(2)6-23-28(19,20)26-29(21,22)25-27(16,17)18/h3-4,7,10,14H,2,5-6H2,1H3,(H,19,20)(H,21,22)(H,12,15,30)(H2,16,17,18)/t7?,10-/m1/s1. The van der Waals surface area contributed by atoms with E-state index in [4.69, 9.17) is 31.6 Å². The van der Waals surface area contributed by atoms with Gasteiger partial charge in [0.1, 0.15) is 17.0 Å². The Hall–Kier alpha value is -0.990. The summed E-state index contributed by atoms with van der Waals surface area (Å²) in [5.74, 6) is -1.06. The fourth-order valence-electron chi connectivity index (χ4n) is 1.83. The number of phosphoric ester groups is 1. The minimum atomic E-state index is -5.67. The largest absolute Gasteiger partial charge is 0.490 e. The van der Waals surface area contributed by atoms with Crippen molar-refractivity contribution < 1.29 is 56.3 Å². The zero-order valence-electron chi connectivity index (χ0n) is 15.1. The van der Waals surface area contributed by atoms with Gasteiger partial charge in [-0.2, -0.15) is 8.62 Å². The maximum absolute atomic E-state index is 12.0. The Morgan fingerprint density at radius 2 is 1.83 bits per heavy atom. The molecule has 1 rings (SSSR count). The van der Waals surface area contributed by atoms with Crippen LogP contribution >= 0.6 is 35.7 Å². The first-order valence-corrected chi connectivity index (χ1v) is 12.5. The highest BCUT2D eigenvalue weighted by Crippen LogP contribution is 2.66. The van der Waals surface area contributed by atoms with Gasteiger partial charge >= 0.3 is 29.2 Å². The summed E-state index contributed by atoms with van der Waals surface area (Å²) >= 11 is 4.81. The number of aliphatic hydroxyl groups is 1. The zero-order chi connectivity index (χ0) is 23.3. The van der Waals surface area contributed by atoms with E-state index in [-0.39, 0.29) is 10.4 Å². The number of aromatic amines is 1. The van der Waals surface area contributed by atoms with Gasteiger partial charge < -0.3 is 29.4 Å². The first kappa shape index (κ1) is 27.0. The predicted molar refractivity (Wildman–Crippen MR) is 101 cm³/mol. The van der Waals surface area contributed by atoms with Gasteiger partial charge in [-0.3, -0.25) is 14.1 Å². The lowest BCUT2D eigenvalue weighted by atomic mass is 10.1. The molecule has 0 saturated heterocycles. The average molecular weight is 512 g/mol. The van der Waals surface area contributed by atoms with Crippen molar-refractivity contribution in [2.24, 2.45) is 5.92 Å². The van der Waals surface area contributed by atoms with Crippen LogP contribution in [-0.2, 0) is 31.6 Å². The summed E-state index contributed by atoms with van der Waals surface area (Å²) in [6.45, 7) is 3.55. The summed E-state index contributed by atoms with van der Waals surface area (Å²) in [7, 11) is -16.6. The fraction of sp³-hybridized carbons (Fsp3) is 0.455. The minimum absolute atomic E-state index is 0.137. The van der Waals surface area contributed by atoms with E-state index in [1.807, 2.05) is 0 Å². The molecule has 4 atom stereocenters. The van der Waals surface area contributed by atoms with Gasteiger partial charge in [0, 0.05) is 12.1 Å². The van der Waals surface area contributed by atoms with Crippen molar-refractivity contribution in [3.8, 4) is 0 Å². The summed E-state index contributed by atoms with van der Waals surface area (Å²) in [4.78, 5) is 49.8. The molecule has 0 aromatic carbocycles. The maximum Gasteiger partial charge on any atom is 0.490 e. The van der Waals surface area contributed by atoms with Crippen LogP contribution in [0, 0.1) is 10.6 Å². The molecule has 0 amide bonds. The molecule has 0 bridgehead atoms. The average Bonchev–Trinajstić information content (AvgIpc) is 2.54. The van der Waals surface area contributed by atoms with Crippen LogP contribution in [0.25, 0.3) is 0 Å². The summed E-state index contributed by atoms with van der Waals surface area (Å²) in [5, 5.41) is 9.38. The number of nitrogens with zero attached hydrogens (tertiary/aromatic N) is 1. The third-order valence-electron chi connectivity index (χ3n) is 2.99. The SMILES string of the molecule is C=C(COP(=O)(O)OP(=O)(O)OP(=O)(O)O)O[C@H](C(C)CO)n1ccc(=S)[nH]c1=O. The van der Waals surface area contributed by atoms with Crippen LogP contribution in [0.15, 0.2) is 29.4 Å². The van der Waals surface area contributed by atoms with Gasteiger partial charge in [0.25, 0.3) is 0 Å². The van der Waals surface area contributed by atoms with E-state index in [0.717, 1.165) is 4.57 Å². The topological polar surface area (TPSA) is 227 Å². The maximum atomic E-state index is 12.0. The van der Waals surface area contributed by atoms with Crippen LogP contribution in [0.4, 0.5) is 0 Å². The molecule has 0 fully saturated rings. The van der Waals surface area contributed by atoms with Gasteiger partial charge in [-0.15, -0.1) is 0 Å². The van der Waals surface area contributed by atoms with Gasteiger partial charge in [0.15, 0.2) is 6.23 Å². The molecule has 30 heavy (non-hydrogen) atoms. The lowest BCUT2D eigenvalue weighted by molar-refractivity contribution is -0.0219. The Kier molecular flexibility index (Phi) is 9.51. The van der Waals surface area contributed by atoms with Crippen molar-refractivity contribution in [2.75, 3.05) is 13.2 Å². The van der Waals surface area contributed by atoms with Gasteiger partial charge in [0.05, 0.1) is 6.61 Å². The van der Waals surface area contributed by atoms with Crippen molar-refractivity contribution >= 4 is 35.7 Å². The second-order valence-corrected chi connectivity index (χ2v) is 10.4. The van der Waals surface area contributed by atoms with Crippen LogP contribution in [-0.4, -0.2) is 47.4 Å². The van der Waals surface area contributed by atoms with Crippen LogP contribution < -0.4 is 5.69 Å². The Labute approximate surface area is 174 Å². The van der Waals surface area contributed by atoms with E-state index in [2.05, 4.69) is 24.7 Å². The van der Waals surface area contributed by atoms with E-state index < -0.39 is 54.5 Å². The van der Waals surface area contributed by atoms with Gasteiger partial charge in [-0.05, 0) is 6.07 Å². The fourth-order valence-corrected chi connectivity index (χ4v) is 4.98. The van der Waals surface area contributed by atoms with Crippen LogP contribution in [0.2, 0.25) is 0 Å². The molecule has 6 N–H and O–H groups in total. The van der Waals surface area contributed by atoms with Crippen molar-refractivity contribution in [1.82, 2.24) is 9.55 Å². The second-order valence-electron chi connectivity index (χ2n) is 5.59.